The number of hydrogen-bond acceptors (Lipinski definition) is 3. The van der Waals surface area contributed by atoms with E-state index < -0.39 is 11.4 Å². The van der Waals surface area contributed by atoms with Crippen LogP contribution >= 0.6 is 0 Å². The highest BCUT2D eigenvalue weighted by atomic mass is 16.4. The van der Waals surface area contributed by atoms with Crippen LogP contribution in [0.25, 0.3) is 0 Å². The summed E-state index contributed by atoms with van der Waals surface area (Å²) >= 11 is 0. The average molecular weight is 330 g/mol. The summed E-state index contributed by atoms with van der Waals surface area (Å²) in [6.07, 6.45) is 3.60. The summed E-state index contributed by atoms with van der Waals surface area (Å²) in [4.78, 5) is 13.6. The van der Waals surface area contributed by atoms with Gasteiger partial charge >= 0.3 is 5.97 Å². The number of aliphatic carboxylic acids is 1. The highest BCUT2D eigenvalue weighted by Crippen LogP contribution is 2.40. The van der Waals surface area contributed by atoms with E-state index in [9.17, 15) is 9.90 Å². The predicted molar refractivity (Wildman–Crippen MR) is 96.2 cm³/mol. The van der Waals surface area contributed by atoms with Gasteiger partial charge in [0.1, 0.15) is 0 Å². The molecule has 1 aliphatic carbocycles. The number of carboxylic acid groups (broad SMARTS) is 1. The Morgan fingerprint density at radius 1 is 1.25 bits per heavy atom. The number of nitrogens with zero attached hydrogens (tertiary/aromatic N) is 1. The van der Waals surface area contributed by atoms with Crippen molar-refractivity contribution < 1.29 is 9.90 Å². The Kier molecular flexibility index (Phi) is 5.26. The van der Waals surface area contributed by atoms with Crippen molar-refractivity contribution in [2.75, 3.05) is 26.2 Å². The molecule has 1 aromatic carbocycles. The van der Waals surface area contributed by atoms with Crippen LogP contribution in [0.5, 0.6) is 0 Å². The minimum absolute atomic E-state index is 0.649. The monoisotopic (exact) mass is 330 g/mol. The first-order valence-corrected chi connectivity index (χ1v) is 9.20. The molecular formula is C20H30N2O2. The Labute approximate surface area is 145 Å². The van der Waals surface area contributed by atoms with Crippen molar-refractivity contribution in [2.24, 2.45) is 11.3 Å². The molecule has 1 aliphatic heterocycles. The normalized spacial score (nSPS) is 25.6. The number of hydrogen-bond donors (Lipinski definition) is 2. The lowest BCUT2D eigenvalue weighted by atomic mass is 9.90. The average Bonchev–Trinajstić information content (AvgIpc) is 3.34. The van der Waals surface area contributed by atoms with E-state index in [2.05, 4.69) is 40.5 Å². The van der Waals surface area contributed by atoms with E-state index in [1.807, 2.05) is 13.8 Å². The Bertz CT molecular complexity index is 550. The van der Waals surface area contributed by atoms with Crippen LogP contribution in [-0.4, -0.2) is 48.2 Å². The molecule has 1 saturated heterocycles. The molecule has 132 valence electrons. The van der Waals surface area contributed by atoms with Crippen molar-refractivity contribution >= 4 is 5.97 Å². The first-order valence-electron chi connectivity index (χ1n) is 9.20. The lowest BCUT2D eigenvalue weighted by Gasteiger charge is -2.35. The van der Waals surface area contributed by atoms with Gasteiger partial charge in [-0.25, -0.2) is 0 Å². The molecule has 0 unspecified atom stereocenters. The van der Waals surface area contributed by atoms with Gasteiger partial charge in [-0.15, -0.1) is 0 Å². The van der Waals surface area contributed by atoms with Gasteiger partial charge in [0.2, 0.25) is 0 Å². The molecule has 0 bridgehead atoms. The second-order valence-electron chi connectivity index (χ2n) is 8.18. The van der Waals surface area contributed by atoms with Crippen molar-refractivity contribution in [1.82, 2.24) is 10.2 Å². The summed E-state index contributed by atoms with van der Waals surface area (Å²) < 4.78 is 0. The smallest absolute Gasteiger partial charge is 0.310 e. The van der Waals surface area contributed by atoms with E-state index >= 15 is 0 Å². The highest BCUT2D eigenvalue weighted by molar-refractivity contribution is 5.73. The van der Waals surface area contributed by atoms with Gasteiger partial charge in [-0.3, -0.25) is 4.79 Å². The van der Waals surface area contributed by atoms with Crippen LogP contribution in [-0.2, 0) is 4.79 Å². The quantitative estimate of drug-likeness (QED) is 0.807. The molecule has 0 radical (unpaired) electrons. The third-order valence-electron chi connectivity index (χ3n) is 5.59. The van der Waals surface area contributed by atoms with Crippen LogP contribution in [0.4, 0.5) is 0 Å². The number of benzene rings is 1. The maximum Gasteiger partial charge on any atom is 0.310 e. The highest BCUT2D eigenvalue weighted by Gasteiger charge is 2.38. The molecule has 2 atom stereocenters. The zero-order chi connectivity index (χ0) is 17.2. The topological polar surface area (TPSA) is 52.6 Å². The van der Waals surface area contributed by atoms with Gasteiger partial charge in [-0.2, -0.15) is 0 Å². The van der Waals surface area contributed by atoms with Crippen molar-refractivity contribution in [1.29, 1.82) is 0 Å². The molecule has 4 nitrogen and oxygen atoms in total. The van der Waals surface area contributed by atoms with E-state index in [1.165, 1.54) is 24.8 Å². The fraction of sp³-hybridized carbons (Fsp3) is 0.650. The number of rotatable bonds is 7. The lowest BCUT2D eigenvalue weighted by molar-refractivity contribution is -0.148. The minimum atomic E-state index is -0.702. The Balaban J connectivity index is 1.36. The fourth-order valence-electron chi connectivity index (χ4n) is 3.78. The van der Waals surface area contributed by atoms with E-state index in [4.69, 9.17) is 0 Å². The first kappa shape index (κ1) is 17.4. The van der Waals surface area contributed by atoms with E-state index in [0.717, 1.165) is 25.6 Å². The molecule has 4 heteroatoms. The zero-order valence-corrected chi connectivity index (χ0v) is 14.9. The summed E-state index contributed by atoms with van der Waals surface area (Å²) in [5.74, 6) is 0.723. The van der Waals surface area contributed by atoms with Gasteiger partial charge in [-0.05, 0) is 64.2 Å². The minimum Gasteiger partial charge on any atom is -0.481 e. The largest absolute Gasteiger partial charge is 0.481 e. The Morgan fingerprint density at radius 2 is 1.92 bits per heavy atom. The predicted octanol–water partition coefficient (Wildman–Crippen LogP) is 2.95. The molecule has 1 heterocycles. The summed E-state index contributed by atoms with van der Waals surface area (Å²) in [6, 6.07) is 11.4. The van der Waals surface area contributed by atoms with Crippen LogP contribution < -0.4 is 5.32 Å². The van der Waals surface area contributed by atoms with Gasteiger partial charge in [0, 0.05) is 18.5 Å². The second kappa shape index (κ2) is 7.24. The number of piperidine rings is 1. The van der Waals surface area contributed by atoms with E-state index in [1.54, 1.807) is 0 Å². The number of carboxylic acids is 1. The third kappa shape index (κ3) is 4.37. The molecule has 2 N–H and O–H groups in total. The Morgan fingerprint density at radius 3 is 2.54 bits per heavy atom. The number of carbonyl (C=O) groups is 1. The molecule has 3 rings (SSSR count). The van der Waals surface area contributed by atoms with Crippen molar-refractivity contribution in [3.8, 4) is 0 Å². The zero-order valence-electron chi connectivity index (χ0n) is 14.9. The lowest BCUT2D eigenvalue weighted by Crippen LogP contribution is -2.44. The van der Waals surface area contributed by atoms with Crippen molar-refractivity contribution in [3.05, 3.63) is 35.9 Å². The summed E-state index contributed by atoms with van der Waals surface area (Å²) in [7, 11) is 0. The first-order chi connectivity index (χ1) is 11.5. The maximum atomic E-state index is 11.3. The van der Waals surface area contributed by atoms with Gasteiger partial charge in [-0.1, -0.05) is 30.3 Å². The second-order valence-corrected chi connectivity index (χ2v) is 8.18. The van der Waals surface area contributed by atoms with Crippen molar-refractivity contribution in [3.63, 3.8) is 0 Å². The molecular weight excluding hydrogens is 300 g/mol. The summed E-state index contributed by atoms with van der Waals surface area (Å²) in [5.41, 5.74) is 0.808. The van der Waals surface area contributed by atoms with E-state index in [-0.39, 0.29) is 0 Å². The molecule has 2 fully saturated rings. The van der Waals surface area contributed by atoms with Crippen LogP contribution in [0.15, 0.2) is 30.3 Å². The van der Waals surface area contributed by atoms with Crippen LogP contribution in [0.1, 0.15) is 44.6 Å². The Hall–Kier alpha value is -1.39. The molecule has 0 spiro atoms. The maximum absolute atomic E-state index is 11.3. The molecule has 1 saturated carbocycles. The summed E-state index contributed by atoms with van der Waals surface area (Å²) in [6.45, 7) is 7.44. The van der Waals surface area contributed by atoms with Crippen molar-refractivity contribution in [2.45, 2.75) is 45.1 Å². The molecule has 0 aromatic heterocycles. The van der Waals surface area contributed by atoms with Gasteiger partial charge in [0.05, 0.1) is 5.41 Å². The van der Waals surface area contributed by atoms with Gasteiger partial charge in [0.15, 0.2) is 0 Å². The number of likely N-dealkylation sites (tertiary alicyclic amines) is 1. The molecule has 0 amide bonds. The molecule has 24 heavy (non-hydrogen) atoms. The fourth-order valence-corrected chi connectivity index (χ4v) is 3.78. The van der Waals surface area contributed by atoms with E-state index in [0.29, 0.717) is 18.5 Å². The SMILES string of the molecule is CC(C)(CN1CCC(CN[C@@H]2C[C@H]2c2ccccc2)CC1)C(=O)O. The van der Waals surface area contributed by atoms with Crippen LogP contribution in [0.2, 0.25) is 0 Å². The molecule has 2 aliphatic rings. The third-order valence-corrected chi connectivity index (χ3v) is 5.59. The molecule has 1 aromatic rings. The number of nitrogens with one attached hydrogen (secondary N) is 1. The standard InChI is InChI=1S/C20H30N2O2/c1-20(2,19(23)24)14-22-10-8-15(9-11-22)13-21-18-12-17(18)16-6-4-3-5-7-16/h3-7,15,17-18,21H,8-14H2,1-2H3,(H,23,24)/t17-,18+/m0/s1. The van der Waals surface area contributed by atoms with Gasteiger partial charge < -0.3 is 15.3 Å². The van der Waals surface area contributed by atoms with Crippen LogP contribution in [0, 0.1) is 11.3 Å². The summed E-state index contributed by atoms with van der Waals surface area (Å²) in [5, 5.41) is 13.0. The van der Waals surface area contributed by atoms with Crippen LogP contribution in [0.3, 0.4) is 0 Å². The van der Waals surface area contributed by atoms with Gasteiger partial charge in [0.25, 0.3) is 0 Å².